The Morgan fingerprint density at radius 2 is 2.11 bits per heavy atom. The third-order valence-electron chi connectivity index (χ3n) is 4.11. The lowest BCUT2D eigenvalue weighted by Crippen LogP contribution is -2.39. The number of halogens is 1. The normalized spacial score (nSPS) is 12.6. The highest BCUT2D eigenvalue weighted by atomic mass is 127. The predicted octanol–water partition coefficient (Wildman–Crippen LogP) is 3.00. The number of aromatic nitrogens is 3. The maximum atomic E-state index is 5.77. The van der Waals surface area contributed by atoms with Crippen molar-refractivity contribution in [1.82, 2.24) is 25.2 Å². The van der Waals surface area contributed by atoms with Crippen LogP contribution in [0.2, 0.25) is 0 Å². The predicted molar refractivity (Wildman–Crippen MR) is 120 cm³/mol. The van der Waals surface area contributed by atoms with Crippen LogP contribution < -0.4 is 10.6 Å². The molecule has 0 spiro atoms. The Balaban J connectivity index is 0.00000364. The van der Waals surface area contributed by atoms with Crippen LogP contribution in [-0.2, 0) is 11.3 Å². The van der Waals surface area contributed by atoms with Crippen LogP contribution in [0.15, 0.2) is 42.0 Å². The van der Waals surface area contributed by atoms with Gasteiger partial charge in [0.25, 0.3) is 0 Å². The molecule has 27 heavy (non-hydrogen) atoms. The second-order valence-electron chi connectivity index (χ2n) is 6.37. The van der Waals surface area contributed by atoms with Gasteiger partial charge in [0.05, 0.1) is 6.10 Å². The molecule has 0 fully saturated rings. The van der Waals surface area contributed by atoms with Gasteiger partial charge in [0, 0.05) is 45.3 Å². The van der Waals surface area contributed by atoms with Gasteiger partial charge >= 0.3 is 0 Å². The monoisotopic (exact) mass is 486 g/mol. The number of aliphatic imine (C=N–C) groups is 1. The zero-order valence-electron chi connectivity index (χ0n) is 16.6. The van der Waals surface area contributed by atoms with Crippen LogP contribution in [0.5, 0.6) is 0 Å². The molecule has 0 bridgehead atoms. The minimum atomic E-state index is 0. The topological polar surface area (TPSA) is 76.4 Å². The van der Waals surface area contributed by atoms with Gasteiger partial charge in [-0.2, -0.15) is 0 Å². The van der Waals surface area contributed by atoms with Gasteiger partial charge in [-0.05, 0) is 30.9 Å². The molecule has 0 radical (unpaired) electrons. The molecule has 7 nitrogen and oxygen atoms in total. The summed E-state index contributed by atoms with van der Waals surface area (Å²) in [6, 6.07) is 4.02. The van der Waals surface area contributed by atoms with E-state index in [0.29, 0.717) is 12.5 Å². The number of hydrogen-bond acceptors (Lipinski definition) is 4. The highest BCUT2D eigenvalue weighted by molar-refractivity contribution is 14.0. The van der Waals surface area contributed by atoms with Crippen molar-refractivity contribution < 1.29 is 4.74 Å². The number of nitrogens with one attached hydrogen (secondary N) is 2. The van der Waals surface area contributed by atoms with Crippen molar-refractivity contribution in [3.05, 3.63) is 42.6 Å². The Labute approximate surface area is 179 Å². The molecule has 0 amide bonds. The molecule has 2 aromatic heterocycles. The lowest BCUT2D eigenvalue weighted by atomic mass is 10.0. The van der Waals surface area contributed by atoms with E-state index < -0.39 is 0 Å². The summed E-state index contributed by atoms with van der Waals surface area (Å²) in [7, 11) is 1.78. The second-order valence-corrected chi connectivity index (χ2v) is 6.37. The van der Waals surface area contributed by atoms with Crippen molar-refractivity contribution in [1.29, 1.82) is 0 Å². The van der Waals surface area contributed by atoms with E-state index in [9.17, 15) is 0 Å². The van der Waals surface area contributed by atoms with Gasteiger partial charge in [-0.3, -0.25) is 9.56 Å². The van der Waals surface area contributed by atoms with Gasteiger partial charge < -0.3 is 15.4 Å². The lowest BCUT2D eigenvalue weighted by Gasteiger charge is -2.21. The molecule has 0 saturated heterocycles. The van der Waals surface area contributed by atoms with Crippen LogP contribution in [0, 0.1) is 5.92 Å². The van der Waals surface area contributed by atoms with E-state index in [0.717, 1.165) is 36.9 Å². The zero-order chi connectivity index (χ0) is 18.8. The lowest BCUT2D eigenvalue weighted by molar-refractivity contribution is 0.0258. The molecule has 2 N–H and O–H groups in total. The molecule has 2 aromatic rings. The van der Waals surface area contributed by atoms with Gasteiger partial charge in [-0.25, -0.2) is 9.97 Å². The number of ether oxygens (including phenoxy) is 1. The average Bonchev–Trinajstić information content (AvgIpc) is 3.18. The Hall–Kier alpha value is -1.68. The molecule has 2 rings (SSSR count). The number of hydrogen-bond donors (Lipinski definition) is 2. The third-order valence-corrected chi connectivity index (χ3v) is 4.11. The summed E-state index contributed by atoms with van der Waals surface area (Å²) in [5.74, 6) is 2.14. The Morgan fingerprint density at radius 1 is 1.30 bits per heavy atom. The first-order chi connectivity index (χ1) is 12.6. The largest absolute Gasteiger partial charge is 0.378 e. The van der Waals surface area contributed by atoms with Crippen molar-refractivity contribution in [2.24, 2.45) is 10.9 Å². The number of guanidine groups is 1. The van der Waals surface area contributed by atoms with E-state index >= 15 is 0 Å². The van der Waals surface area contributed by atoms with Crippen LogP contribution in [0.4, 0.5) is 0 Å². The van der Waals surface area contributed by atoms with Crippen molar-refractivity contribution in [3.63, 3.8) is 0 Å². The van der Waals surface area contributed by atoms with Gasteiger partial charge in [0.1, 0.15) is 12.1 Å². The van der Waals surface area contributed by atoms with Gasteiger partial charge in [0.15, 0.2) is 5.96 Å². The summed E-state index contributed by atoms with van der Waals surface area (Å²) in [5, 5.41) is 6.66. The average molecular weight is 486 g/mol. The number of imidazole rings is 1. The minimum Gasteiger partial charge on any atom is -0.378 e. The molecule has 0 aliphatic carbocycles. The van der Waals surface area contributed by atoms with E-state index in [2.05, 4.69) is 39.4 Å². The standard InChI is InChI=1S/C19H30N6O.HI/c1-5-26-17(15(2)3)8-9-22-19(20-4)24-13-16-6-7-18(23-12-16)25-11-10-21-14-25;/h6-7,10-12,14-15,17H,5,8-9,13H2,1-4H3,(H2,20,22,24);1H. The van der Waals surface area contributed by atoms with Gasteiger partial charge in [-0.1, -0.05) is 19.9 Å². The molecule has 1 atom stereocenters. The molecule has 0 aliphatic heterocycles. The Bertz CT molecular complexity index is 657. The fraction of sp³-hybridized carbons (Fsp3) is 0.526. The van der Waals surface area contributed by atoms with E-state index in [1.807, 2.05) is 36.0 Å². The van der Waals surface area contributed by atoms with Crippen LogP contribution in [0.25, 0.3) is 5.82 Å². The van der Waals surface area contributed by atoms with E-state index in [1.54, 1.807) is 19.6 Å². The quantitative estimate of drug-likeness (QED) is 0.324. The van der Waals surface area contributed by atoms with Crippen molar-refractivity contribution in [2.45, 2.75) is 39.8 Å². The summed E-state index contributed by atoms with van der Waals surface area (Å²) in [4.78, 5) is 12.8. The fourth-order valence-corrected chi connectivity index (χ4v) is 2.63. The number of pyridine rings is 1. The zero-order valence-corrected chi connectivity index (χ0v) is 18.9. The third kappa shape index (κ3) is 7.84. The summed E-state index contributed by atoms with van der Waals surface area (Å²) in [6.07, 6.45) is 8.43. The first-order valence-electron chi connectivity index (χ1n) is 9.13. The first-order valence-corrected chi connectivity index (χ1v) is 9.13. The van der Waals surface area contributed by atoms with Crippen LogP contribution in [0.3, 0.4) is 0 Å². The molecular weight excluding hydrogens is 455 g/mol. The molecule has 150 valence electrons. The van der Waals surface area contributed by atoms with Crippen molar-refractivity contribution >= 4 is 29.9 Å². The maximum absolute atomic E-state index is 5.77. The summed E-state index contributed by atoms with van der Waals surface area (Å²) in [5.41, 5.74) is 1.09. The van der Waals surface area contributed by atoms with Crippen LogP contribution >= 0.6 is 24.0 Å². The van der Waals surface area contributed by atoms with E-state index in [4.69, 9.17) is 4.74 Å². The number of nitrogens with zero attached hydrogens (tertiary/aromatic N) is 4. The smallest absolute Gasteiger partial charge is 0.191 e. The van der Waals surface area contributed by atoms with Crippen LogP contribution in [0.1, 0.15) is 32.8 Å². The summed E-state index contributed by atoms with van der Waals surface area (Å²) < 4.78 is 7.65. The highest BCUT2D eigenvalue weighted by Crippen LogP contribution is 2.10. The van der Waals surface area contributed by atoms with Crippen LogP contribution in [-0.4, -0.2) is 46.8 Å². The second kappa shape index (κ2) is 12.7. The Morgan fingerprint density at radius 3 is 2.67 bits per heavy atom. The van der Waals surface area contributed by atoms with E-state index in [1.165, 1.54) is 0 Å². The van der Waals surface area contributed by atoms with Gasteiger partial charge in [-0.15, -0.1) is 24.0 Å². The molecular formula is C19H31IN6O. The summed E-state index contributed by atoms with van der Waals surface area (Å²) >= 11 is 0. The molecule has 8 heteroatoms. The molecule has 1 unspecified atom stereocenters. The minimum absolute atomic E-state index is 0. The highest BCUT2D eigenvalue weighted by Gasteiger charge is 2.12. The molecule has 0 aliphatic rings. The Kier molecular flexibility index (Phi) is 11.0. The SMILES string of the molecule is CCOC(CCNC(=NC)NCc1ccc(-n2ccnc2)nc1)C(C)C.I. The molecule has 0 saturated carbocycles. The van der Waals surface area contributed by atoms with E-state index in [-0.39, 0.29) is 30.1 Å². The van der Waals surface area contributed by atoms with Crippen molar-refractivity contribution in [2.75, 3.05) is 20.2 Å². The van der Waals surface area contributed by atoms with Gasteiger partial charge in [0.2, 0.25) is 0 Å². The summed E-state index contributed by atoms with van der Waals surface area (Å²) in [6.45, 7) is 8.64. The fourth-order valence-electron chi connectivity index (χ4n) is 2.63. The molecule has 0 aromatic carbocycles. The maximum Gasteiger partial charge on any atom is 0.191 e. The first kappa shape index (κ1) is 23.4. The number of rotatable bonds is 9. The van der Waals surface area contributed by atoms with Crippen molar-refractivity contribution in [3.8, 4) is 5.82 Å². The molecule has 2 heterocycles.